The molecule has 0 aromatic rings. The molecule has 2 aliphatic carbocycles. The molecule has 15 heavy (non-hydrogen) atoms. The van der Waals surface area contributed by atoms with Gasteiger partial charge < -0.3 is 5.11 Å². The Morgan fingerprint density at radius 2 is 2.27 bits per heavy atom. The summed E-state index contributed by atoms with van der Waals surface area (Å²) in [5.74, 6) is 2.73. The van der Waals surface area contributed by atoms with Crippen molar-refractivity contribution in [3.63, 3.8) is 0 Å². The van der Waals surface area contributed by atoms with Gasteiger partial charge in [-0.1, -0.05) is 25.2 Å². The third-order valence-electron chi connectivity index (χ3n) is 4.48. The first-order valence-corrected chi connectivity index (χ1v) is 6.07. The van der Waals surface area contributed by atoms with E-state index >= 15 is 0 Å². The van der Waals surface area contributed by atoms with Gasteiger partial charge in [0, 0.05) is 0 Å². The standard InChI is InChI=1S/C14H22O/c1-4-14(3,15)10(2)7-13-9-11-5-6-12(13)8-11/h4-6,10-13,15H,1,7-9H2,2-3H3. The molecule has 5 atom stereocenters. The summed E-state index contributed by atoms with van der Waals surface area (Å²) in [7, 11) is 0. The lowest BCUT2D eigenvalue weighted by molar-refractivity contribution is 0.0408. The summed E-state index contributed by atoms with van der Waals surface area (Å²) in [5, 5.41) is 10.1. The van der Waals surface area contributed by atoms with Gasteiger partial charge in [-0.2, -0.15) is 0 Å². The molecule has 0 amide bonds. The van der Waals surface area contributed by atoms with Gasteiger partial charge in [-0.3, -0.25) is 0 Å². The summed E-state index contributed by atoms with van der Waals surface area (Å²) < 4.78 is 0. The molecule has 1 saturated carbocycles. The van der Waals surface area contributed by atoms with Crippen molar-refractivity contribution in [3.05, 3.63) is 24.8 Å². The summed E-state index contributed by atoms with van der Waals surface area (Å²) in [6.45, 7) is 7.72. The average molecular weight is 206 g/mol. The monoisotopic (exact) mass is 206 g/mol. The van der Waals surface area contributed by atoms with Crippen LogP contribution in [0, 0.1) is 23.7 Å². The van der Waals surface area contributed by atoms with E-state index in [4.69, 9.17) is 0 Å². The van der Waals surface area contributed by atoms with E-state index in [2.05, 4.69) is 25.7 Å². The number of fused-ring (bicyclic) bond motifs is 2. The smallest absolute Gasteiger partial charge is 0.0822 e. The lowest BCUT2D eigenvalue weighted by Gasteiger charge is -2.31. The maximum absolute atomic E-state index is 10.1. The van der Waals surface area contributed by atoms with Crippen molar-refractivity contribution in [2.45, 2.75) is 38.7 Å². The Kier molecular flexibility index (Phi) is 2.76. The van der Waals surface area contributed by atoms with Crippen LogP contribution in [-0.2, 0) is 0 Å². The van der Waals surface area contributed by atoms with Crippen LogP contribution in [0.5, 0.6) is 0 Å². The molecule has 0 heterocycles. The molecular weight excluding hydrogens is 184 g/mol. The van der Waals surface area contributed by atoms with Crippen molar-refractivity contribution in [1.82, 2.24) is 0 Å². The minimum Gasteiger partial charge on any atom is -0.386 e. The Labute approximate surface area is 92.9 Å². The summed E-state index contributed by atoms with van der Waals surface area (Å²) >= 11 is 0. The Morgan fingerprint density at radius 1 is 1.53 bits per heavy atom. The molecule has 0 saturated heterocycles. The second-order valence-electron chi connectivity index (χ2n) is 5.61. The van der Waals surface area contributed by atoms with Gasteiger partial charge in [0.25, 0.3) is 0 Å². The van der Waals surface area contributed by atoms with E-state index < -0.39 is 5.60 Å². The van der Waals surface area contributed by atoms with Crippen LogP contribution in [-0.4, -0.2) is 10.7 Å². The molecule has 0 aliphatic heterocycles. The summed E-state index contributed by atoms with van der Waals surface area (Å²) in [6.07, 6.45) is 10.3. The van der Waals surface area contributed by atoms with Crippen LogP contribution in [0.3, 0.4) is 0 Å². The van der Waals surface area contributed by atoms with Crippen LogP contribution >= 0.6 is 0 Å². The fraction of sp³-hybridized carbons (Fsp3) is 0.714. The highest BCUT2D eigenvalue weighted by Crippen LogP contribution is 2.46. The van der Waals surface area contributed by atoms with Crippen LogP contribution in [0.25, 0.3) is 0 Å². The van der Waals surface area contributed by atoms with Crippen molar-refractivity contribution in [2.75, 3.05) is 0 Å². The summed E-state index contributed by atoms with van der Waals surface area (Å²) in [6, 6.07) is 0. The van der Waals surface area contributed by atoms with Crippen molar-refractivity contribution in [1.29, 1.82) is 0 Å². The first-order chi connectivity index (χ1) is 7.03. The van der Waals surface area contributed by atoms with Gasteiger partial charge in [0.15, 0.2) is 0 Å². The molecule has 0 aromatic carbocycles. The molecular formula is C14H22O. The quantitative estimate of drug-likeness (QED) is 0.700. The zero-order valence-corrected chi connectivity index (χ0v) is 9.82. The molecule has 0 spiro atoms. The zero-order valence-electron chi connectivity index (χ0n) is 9.82. The fourth-order valence-corrected chi connectivity index (χ4v) is 3.06. The Hall–Kier alpha value is -0.560. The van der Waals surface area contributed by atoms with Crippen LogP contribution < -0.4 is 0 Å². The molecule has 84 valence electrons. The molecule has 0 radical (unpaired) electrons. The van der Waals surface area contributed by atoms with Gasteiger partial charge in [-0.05, 0) is 49.9 Å². The third kappa shape index (κ3) is 2.03. The third-order valence-corrected chi connectivity index (χ3v) is 4.48. The second-order valence-corrected chi connectivity index (χ2v) is 5.61. The van der Waals surface area contributed by atoms with Crippen molar-refractivity contribution in [3.8, 4) is 0 Å². The average Bonchev–Trinajstić information content (AvgIpc) is 2.79. The normalized spacial score (nSPS) is 39.0. The topological polar surface area (TPSA) is 20.2 Å². The van der Waals surface area contributed by atoms with Crippen molar-refractivity contribution < 1.29 is 5.11 Å². The van der Waals surface area contributed by atoms with E-state index in [9.17, 15) is 5.11 Å². The van der Waals surface area contributed by atoms with Crippen LogP contribution in [0.1, 0.15) is 33.1 Å². The molecule has 0 aromatic heterocycles. The summed E-state index contributed by atoms with van der Waals surface area (Å²) in [4.78, 5) is 0. The van der Waals surface area contributed by atoms with E-state index in [-0.39, 0.29) is 0 Å². The zero-order chi connectivity index (χ0) is 11.1. The fourth-order valence-electron chi connectivity index (χ4n) is 3.06. The lowest BCUT2D eigenvalue weighted by Crippen LogP contribution is -2.32. The summed E-state index contributed by atoms with van der Waals surface area (Å²) in [5.41, 5.74) is -0.703. The van der Waals surface area contributed by atoms with Gasteiger partial charge >= 0.3 is 0 Å². The highest BCUT2D eigenvalue weighted by atomic mass is 16.3. The second kappa shape index (κ2) is 3.79. The number of hydrogen-bond donors (Lipinski definition) is 1. The van der Waals surface area contributed by atoms with E-state index in [0.717, 1.165) is 24.2 Å². The first-order valence-electron chi connectivity index (χ1n) is 6.07. The molecule has 2 bridgehead atoms. The molecule has 1 heteroatoms. The largest absolute Gasteiger partial charge is 0.386 e. The highest BCUT2D eigenvalue weighted by Gasteiger charge is 2.38. The number of aliphatic hydroxyl groups is 1. The van der Waals surface area contributed by atoms with E-state index in [1.807, 2.05) is 6.92 Å². The van der Waals surface area contributed by atoms with Gasteiger partial charge in [0.2, 0.25) is 0 Å². The molecule has 5 unspecified atom stereocenters. The van der Waals surface area contributed by atoms with E-state index in [1.165, 1.54) is 12.8 Å². The maximum atomic E-state index is 10.1. The Bertz CT molecular complexity index is 277. The van der Waals surface area contributed by atoms with E-state index in [1.54, 1.807) is 6.08 Å². The highest BCUT2D eigenvalue weighted by molar-refractivity contribution is 5.10. The van der Waals surface area contributed by atoms with E-state index in [0.29, 0.717) is 5.92 Å². The van der Waals surface area contributed by atoms with Gasteiger partial charge in [0.1, 0.15) is 0 Å². The molecule has 2 rings (SSSR count). The maximum Gasteiger partial charge on any atom is 0.0822 e. The van der Waals surface area contributed by atoms with Crippen LogP contribution in [0.15, 0.2) is 24.8 Å². The van der Waals surface area contributed by atoms with Crippen molar-refractivity contribution in [2.24, 2.45) is 23.7 Å². The Morgan fingerprint density at radius 3 is 2.73 bits per heavy atom. The number of rotatable bonds is 4. The first kappa shape index (κ1) is 10.9. The van der Waals surface area contributed by atoms with Crippen LogP contribution in [0.2, 0.25) is 0 Å². The number of hydrogen-bond acceptors (Lipinski definition) is 1. The van der Waals surface area contributed by atoms with Gasteiger partial charge in [0.05, 0.1) is 5.60 Å². The van der Waals surface area contributed by atoms with Gasteiger partial charge in [-0.25, -0.2) is 0 Å². The SMILES string of the molecule is C=CC(C)(O)C(C)CC1CC2C=CC1C2. The Balaban J connectivity index is 1.93. The minimum atomic E-state index is -0.703. The molecule has 1 N–H and O–H groups in total. The molecule has 1 fully saturated rings. The molecule has 1 nitrogen and oxygen atoms in total. The predicted molar refractivity (Wildman–Crippen MR) is 63.4 cm³/mol. The predicted octanol–water partition coefficient (Wildman–Crippen LogP) is 3.16. The van der Waals surface area contributed by atoms with Gasteiger partial charge in [-0.15, -0.1) is 6.58 Å². The van der Waals surface area contributed by atoms with Crippen LogP contribution in [0.4, 0.5) is 0 Å². The lowest BCUT2D eigenvalue weighted by atomic mass is 9.79. The minimum absolute atomic E-state index is 0.313. The molecule has 2 aliphatic rings. The van der Waals surface area contributed by atoms with Crippen molar-refractivity contribution >= 4 is 0 Å². The number of allylic oxidation sites excluding steroid dienone is 2.